The second-order valence-corrected chi connectivity index (χ2v) is 3.01. The van der Waals surface area contributed by atoms with Crippen molar-refractivity contribution in [2.24, 2.45) is 5.73 Å². The van der Waals surface area contributed by atoms with E-state index in [-0.39, 0.29) is 11.6 Å². The van der Waals surface area contributed by atoms with Gasteiger partial charge in [0, 0.05) is 0 Å². The molecule has 0 spiro atoms. The third-order valence-electron chi connectivity index (χ3n) is 1.87. The van der Waals surface area contributed by atoms with Gasteiger partial charge in [0.25, 0.3) is 0 Å². The molecule has 0 aliphatic rings. The summed E-state index contributed by atoms with van der Waals surface area (Å²) in [6, 6.07) is 1.07. The maximum Gasteiger partial charge on any atom is 0.417 e. The predicted molar refractivity (Wildman–Crippen MR) is 44.7 cm³/mol. The zero-order valence-electron chi connectivity index (χ0n) is 7.65. The lowest BCUT2D eigenvalue weighted by molar-refractivity contribution is -0.138. The summed E-state index contributed by atoms with van der Waals surface area (Å²) in [4.78, 5) is 10.7. The van der Waals surface area contributed by atoms with Gasteiger partial charge in [-0.15, -0.1) is 0 Å². The molecular formula is C9H7F4NO. The molecular weight excluding hydrogens is 214 g/mol. The number of carbonyl (C=O) groups excluding carboxylic acids is 1. The third-order valence-corrected chi connectivity index (χ3v) is 1.87. The lowest BCUT2D eigenvalue weighted by atomic mass is 10.0. The first-order chi connectivity index (χ1) is 6.73. The Balaban J connectivity index is 3.49. The molecule has 0 fully saturated rings. The van der Waals surface area contributed by atoms with Gasteiger partial charge in [-0.2, -0.15) is 13.2 Å². The minimum atomic E-state index is -4.79. The molecule has 0 heterocycles. The highest BCUT2D eigenvalue weighted by atomic mass is 19.4. The number of aryl methyl sites for hydroxylation is 1. The van der Waals surface area contributed by atoms with Gasteiger partial charge in [-0.25, -0.2) is 4.39 Å². The molecule has 1 aromatic carbocycles. The maximum atomic E-state index is 12.9. The van der Waals surface area contributed by atoms with Crippen LogP contribution in [0.5, 0.6) is 0 Å². The fourth-order valence-electron chi connectivity index (χ4n) is 1.12. The first-order valence-electron chi connectivity index (χ1n) is 3.90. The van der Waals surface area contributed by atoms with Gasteiger partial charge in [-0.05, 0) is 24.6 Å². The summed E-state index contributed by atoms with van der Waals surface area (Å²) in [5.41, 5.74) is 2.64. The van der Waals surface area contributed by atoms with E-state index in [0.29, 0.717) is 0 Å². The molecule has 1 aromatic rings. The molecule has 0 aromatic heterocycles. The number of benzene rings is 1. The van der Waals surface area contributed by atoms with E-state index in [1.807, 2.05) is 0 Å². The zero-order chi connectivity index (χ0) is 11.8. The minimum absolute atomic E-state index is 0.0585. The van der Waals surface area contributed by atoms with Crippen molar-refractivity contribution in [2.45, 2.75) is 13.1 Å². The largest absolute Gasteiger partial charge is 0.417 e. The molecule has 2 N–H and O–H groups in total. The molecule has 0 aliphatic carbocycles. The molecule has 0 bridgehead atoms. The van der Waals surface area contributed by atoms with E-state index in [2.05, 4.69) is 0 Å². The first kappa shape index (κ1) is 11.5. The standard InChI is InChI=1S/C9H7F4NO/c1-4-2-5(8(14)15)6(3-7(4)10)9(11,12)13/h2-3H,1H3,(H2,14,15). The number of halogens is 4. The Morgan fingerprint density at radius 2 is 1.87 bits per heavy atom. The lowest BCUT2D eigenvalue weighted by Gasteiger charge is -2.11. The molecule has 0 unspecified atom stereocenters. The van der Waals surface area contributed by atoms with Crippen LogP contribution in [0.3, 0.4) is 0 Å². The minimum Gasteiger partial charge on any atom is -0.366 e. The zero-order valence-corrected chi connectivity index (χ0v) is 7.65. The van der Waals surface area contributed by atoms with Crippen molar-refractivity contribution in [3.05, 3.63) is 34.6 Å². The molecule has 0 atom stereocenters. The average Bonchev–Trinajstić information content (AvgIpc) is 2.06. The summed E-state index contributed by atoms with van der Waals surface area (Å²) >= 11 is 0. The highest BCUT2D eigenvalue weighted by Crippen LogP contribution is 2.33. The Labute approximate surface area is 82.7 Å². The summed E-state index contributed by atoms with van der Waals surface area (Å²) in [5, 5.41) is 0. The Kier molecular flexibility index (Phi) is 2.70. The summed E-state index contributed by atoms with van der Waals surface area (Å²) in [5.74, 6) is -2.25. The van der Waals surface area contributed by atoms with Gasteiger partial charge in [-0.1, -0.05) is 0 Å². The van der Waals surface area contributed by atoms with E-state index in [1.54, 1.807) is 0 Å². The van der Waals surface area contributed by atoms with E-state index >= 15 is 0 Å². The summed E-state index contributed by atoms with van der Waals surface area (Å²) in [7, 11) is 0. The molecule has 15 heavy (non-hydrogen) atoms. The predicted octanol–water partition coefficient (Wildman–Crippen LogP) is 2.25. The number of hydrogen-bond acceptors (Lipinski definition) is 1. The second-order valence-electron chi connectivity index (χ2n) is 3.01. The number of alkyl halides is 3. The summed E-state index contributed by atoms with van der Waals surface area (Å²) < 4.78 is 49.9. The van der Waals surface area contributed by atoms with Gasteiger partial charge in [0.1, 0.15) is 5.82 Å². The monoisotopic (exact) mass is 221 g/mol. The summed E-state index contributed by atoms with van der Waals surface area (Å²) in [6.45, 7) is 1.25. The van der Waals surface area contributed by atoms with Crippen molar-refractivity contribution in [1.29, 1.82) is 0 Å². The number of rotatable bonds is 1. The van der Waals surface area contributed by atoms with Gasteiger partial charge in [0.2, 0.25) is 5.91 Å². The molecule has 82 valence electrons. The van der Waals surface area contributed by atoms with E-state index in [4.69, 9.17) is 5.73 Å². The number of hydrogen-bond donors (Lipinski definition) is 1. The molecule has 2 nitrogen and oxygen atoms in total. The average molecular weight is 221 g/mol. The first-order valence-corrected chi connectivity index (χ1v) is 3.90. The molecule has 0 aliphatic heterocycles. The third kappa shape index (κ3) is 2.26. The van der Waals surface area contributed by atoms with Gasteiger partial charge < -0.3 is 5.73 Å². The van der Waals surface area contributed by atoms with Crippen LogP contribution in [0.2, 0.25) is 0 Å². The fourth-order valence-corrected chi connectivity index (χ4v) is 1.12. The van der Waals surface area contributed by atoms with Crippen LogP contribution in [0.1, 0.15) is 21.5 Å². The van der Waals surface area contributed by atoms with E-state index in [1.165, 1.54) is 6.92 Å². The van der Waals surface area contributed by atoms with Gasteiger partial charge in [0.05, 0.1) is 11.1 Å². The number of carbonyl (C=O) groups is 1. The van der Waals surface area contributed by atoms with Crippen LogP contribution in [0.15, 0.2) is 12.1 Å². The number of nitrogens with two attached hydrogens (primary N) is 1. The van der Waals surface area contributed by atoms with E-state index in [9.17, 15) is 22.4 Å². The van der Waals surface area contributed by atoms with Gasteiger partial charge in [-0.3, -0.25) is 4.79 Å². The lowest BCUT2D eigenvalue weighted by Crippen LogP contribution is -2.19. The summed E-state index contributed by atoms with van der Waals surface area (Å²) in [6.07, 6.45) is -4.79. The SMILES string of the molecule is Cc1cc(C(N)=O)c(C(F)(F)F)cc1F. The molecule has 6 heteroatoms. The van der Waals surface area contributed by atoms with Crippen molar-refractivity contribution >= 4 is 5.91 Å². The van der Waals surface area contributed by atoms with Gasteiger partial charge in [0.15, 0.2) is 0 Å². The smallest absolute Gasteiger partial charge is 0.366 e. The van der Waals surface area contributed by atoms with E-state index in [0.717, 1.165) is 6.07 Å². The Bertz CT molecular complexity index is 411. The fraction of sp³-hybridized carbons (Fsp3) is 0.222. The number of primary amides is 1. The molecule has 0 saturated heterocycles. The van der Waals surface area contributed by atoms with Crippen LogP contribution in [0, 0.1) is 12.7 Å². The van der Waals surface area contributed by atoms with E-state index < -0.39 is 29.0 Å². The van der Waals surface area contributed by atoms with Crippen molar-refractivity contribution in [2.75, 3.05) is 0 Å². The van der Waals surface area contributed by atoms with Crippen LogP contribution in [0.4, 0.5) is 17.6 Å². The van der Waals surface area contributed by atoms with Gasteiger partial charge >= 0.3 is 6.18 Å². The Morgan fingerprint density at radius 3 is 2.27 bits per heavy atom. The second kappa shape index (κ2) is 3.52. The molecule has 0 saturated carbocycles. The van der Waals surface area contributed by atoms with Crippen LogP contribution >= 0.6 is 0 Å². The Hall–Kier alpha value is -1.59. The number of amides is 1. The normalized spacial score (nSPS) is 11.5. The molecule has 1 amide bonds. The van der Waals surface area contributed by atoms with Crippen LogP contribution in [0.25, 0.3) is 0 Å². The van der Waals surface area contributed by atoms with Crippen molar-refractivity contribution < 1.29 is 22.4 Å². The topological polar surface area (TPSA) is 43.1 Å². The van der Waals surface area contributed by atoms with Crippen molar-refractivity contribution in [3.8, 4) is 0 Å². The van der Waals surface area contributed by atoms with Crippen LogP contribution in [-0.2, 0) is 6.18 Å². The van der Waals surface area contributed by atoms with Crippen LogP contribution in [-0.4, -0.2) is 5.91 Å². The van der Waals surface area contributed by atoms with Crippen molar-refractivity contribution in [3.63, 3.8) is 0 Å². The molecule has 1 rings (SSSR count). The maximum absolute atomic E-state index is 12.9. The Morgan fingerprint density at radius 1 is 1.33 bits per heavy atom. The van der Waals surface area contributed by atoms with Crippen molar-refractivity contribution in [1.82, 2.24) is 0 Å². The highest BCUT2D eigenvalue weighted by molar-refractivity contribution is 5.94. The quantitative estimate of drug-likeness (QED) is 0.726. The highest BCUT2D eigenvalue weighted by Gasteiger charge is 2.35. The molecule has 0 radical (unpaired) electrons. The van der Waals surface area contributed by atoms with Crippen LogP contribution < -0.4 is 5.73 Å².